The SMILES string of the molecule is CCOC(=O)c1ccc(OC/C(N)=C/N(N)Cc2cnc(C)nc2N)cc1. The lowest BCUT2D eigenvalue weighted by Crippen LogP contribution is -2.27. The number of benzene rings is 1. The summed E-state index contributed by atoms with van der Waals surface area (Å²) >= 11 is 0. The molecule has 27 heavy (non-hydrogen) atoms. The number of aromatic nitrogens is 2. The first kappa shape index (κ1) is 20.0. The molecule has 0 aliphatic carbocycles. The Labute approximate surface area is 157 Å². The van der Waals surface area contributed by atoms with Gasteiger partial charge in [-0.15, -0.1) is 0 Å². The zero-order valence-corrected chi connectivity index (χ0v) is 15.4. The molecule has 1 aromatic heterocycles. The molecule has 9 nitrogen and oxygen atoms in total. The van der Waals surface area contributed by atoms with Crippen LogP contribution in [0.3, 0.4) is 0 Å². The summed E-state index contributed by atoms with van der Waals surface area (Å²) in [5.41, 5.74) is 13.3. The summed E-state index contributed by atoms with van der Waals surface area (Å²) < 4.78 is 10.5. The fourth-order valence-electron chi connectivity index (χ4n) is 2.20. The van der Waals surface area contributed by atoms with Crippen molar-refractivity contribution in [2.24, 2.45) is 11.6 Å². The van der Waals surface area contributed by atoms with Crippen LogP contribution in [0.5, 0.6) is 5.75 Å². The minimum absolute atomic E-state index is 0.131. The summed E-state index contributed by atoms with van der Waals surface area (Å²) in [5, 5.41) is 1.38. The van der Waals surface area contributed by atoms with Crippen molar-refractivity contribution in [1.82, 2.24) is 15.0 Å². The van der Waals surface area contributed by atoms with E-state index in [0.29, 0.717) is 47.4 Å². The van der Waals surface area contributed by atoms with Crippen molar-refractivity contribution in [3.8, 4) is 5.75 Å². The van der Waals surface area contributed by atoms with Gasteiger partial charge in [-0.3, -0.25) is 0 Å². The van der Waals surface area contributed by atoms with Gasteiger partial charge in [0.25, 0.3) is 0 Å². The Morgan fingerprint density at radius 1 is 1.30 bits per heavy atom. The topological polar surface area (TPSA) is 143 Å². The number of ether oxygens (including phenoxy) is 2. The highest BCUT2D eigenvalue weighted by Gasteiger charge is 2.07. The molecule has 0 unspecified atom stereocenters. The van der Waals surface area contributed by atoms with E-state index in [4.69, 9.17) is 26.8 Å². The highest BCUT2D eigenvalue weighted by Crippen LogP contribution is 2.14. The highest BCUT2D eigenvalue weighted by molar-refractivity contribution is 5.89. The van der Waals surface area contributed by atoms with Gasteiger partial charge in [0.2, 0.25) is 0 Å². The van der Waals surface area contributed by atoms with Gasteiger partial charge in [-0.2, -0.15) is 0 Å². The maximum absolute atomic E-state index is 11.6. The van der Waals surface area contributed by atoms with Gasteiger partial charge in [-0.05, 0) is 38.1 Å². The van der Waals surface area contributed by atoms with Gasteiger partial charge in [-0.1, -0.05) is 0 Å². The van der Waals surface area contributed by atoms with Crippen LogP contribution in [-0.4, -0.2) is 34.2 Å². The average Bonchev–Trinajstić information content (AvgIpc) is 2.63. The average molecular weight is 372 g/mol. The number of hydrazine groups is 1. The van der Waals surface area contributed by atoms with Crippen molar-refractivity contribution < 1.29 is 14.3 Å². The van der Waals surface area contributed by atoms with Gasteiger partial charge in [0.1, 0.15) is 24.0 Å². The Hall–Kier alpha value is -3.33. The molecule has 0 bridgehead atoms. The normalized spacial score (nSPS) is 11.1. The lowest BCUT2D eigenvalue weighted by atomic mass is 10.2. The number of nitrogens with two attached hydrogens (primary N) is 3. The number of nitrogens with zero attached hydrogens (tertiary/aromatic N) is 3. The molecule has 0 saturated heterocycles. The standard InChI is InChI=1S/C18H24N6O3/c1-3-26-18(25)13-4-6-16(7-5-13)27-11-15(19)10-24(21)9-14-8-22-12(2)23-17(14)20/h4-8,10H,3,9,11,19,21H2,1-2H3,(H2,20,22,23)/b15-10-. The molecule has 1 heterocycles. The molecule has 0 atom stereocenters. The molecule has 6 N–H and O–H groups in total. The molecular formula is C18H24N6O3. The molecule has 0 aliphatic heterocycles. The Balaban J connectivity index is 1.88. The zero-order valence-electron chi connectivity index (χ0n) is 15.4. The Morgan fingerprint density at radius 3 is 2.63 bits per heavy atom. The van der Waals surface area contributed by atoms with Gasteiger partial charge >= 0.3 is 5.97 Å². The predicted octanol–water partition coefficient (Wildman–Crippen LogP) is 1.10. The molecule has 1 aromatic carbocycles. The van der Waals surface area contributed by atoms with Gasteiger partial charge in [0.05, 0.1) is 24.4 Å². The van der Waals surface area contributed by atoms with Crippen LogP contribution >= 0.6 is 0 Å². The van der Waals surface area contributed by atoms with E-state index < -0.39 is 0 Å². The third-order valence-electron chi connectivity index (χ3n) is 3.47. The third kappa shape index (κ3) is 6.15. The van der Waals surface area contributed by atoms with E-state index in [2.05, 4.69) is 9.97 Å². The van der Waals surface area contributed by atoms with Crippen LogP contribution in [0.15, 0.2) is 42.4 Å². The number of nitrogen functional groups attached to an aromatic ring is 1. The van der Waals surface area contributed by atoms with Gasteiger partial charge in [-0.25, -0.2) is 20.6 Å². The van der Waals surface area contributed by atoms with E-state index in [0.717, 1.165) is 0 Å². The van der Waals surface area contributed by atoms with E-state index >= 15 is 0 Å². The predicted molar refractivity (Wildman–Crippen MR) is 101 cm³/mol. The summed E-state index contributed by atoms with van der Waals surface area (Å²) in [4.78, 5) is 19.8. The molecule has 9 heteroatoms. The molecule has 0 amide bonds. The number of aryl methyl sites for hydroxylation is 1. The monoisotopic (exact) mass is 372 g/mol. The molecule has 2 aromatic rings. The quantitative estimate of drug-likeness (QED) is 0.352. The fourth-order valence-corrected chi connectivity index (χ4v) is 2.20. The van der Waals surface area contributed by atoms with E-state index in [-0.39, 0.29) is 12.6 Å². The minimum atomic E-state index is -0.374. The van der Waals surface area contributed by atoms with Crippen molar-refractivity contribution in [1.29, 1.82) is 0 Å². The van der Waals surface area contributed by atoms with Crippen molar-refractivity contribution in [3.05, 3.63) is 59.3 Å². The number of esters is 1. The van der Waals surface area contributed by atoms with Crippen molar-refractivity contribution in [3.63, 3.8) is 0 Å². The first-order chi connectivity index (χ1) is 12.9. The van der Waals surface area contributed by atoms with Gasteiger partial charge < -0.3 is 25.9 Å². The maximum Gasteiger partial charge on any atom is 0.338 e. The molecule has 144 valence electrons. The summed E-state index contributed by atoms with van der Waals surface area (Å²) in [6.07, 6.45) is 3.18. The summed E-state index contributed by atoms with van der Waals surface area (Å²) in [7, 11) is 0. The van der Waals surface area contributed by atoms with Crippen LogP contribution in [0.4, 0.5) is 5.82 Å². The Morgan fingerprint density at radius 2 is 2.00 bits per heavy atom. The molecule has 0 saturated carbocycles. The van der Waals surface area contributed by atoms with Crippen molar-refractivity contribution in [2.75, 3.05) is 18.9 Å². The van der Waals surface area contributed by atoms with Crippen LogP contribution in [0, 0.1) is 6.92 Å². The van der Waals surface area contributed by atoms with Crippen LogP contribution in [0.25, 0.3) is 0 Å². The minimum Gasteiger partial charge on any atom is -0.487 e. The second-order valence-electron chi connectivity index (χ2n) is 5.74. The van der Waals surface area contributed by atoms with Crippen LogP contribution in [0.1, 0.15) is 28.7 Å². The number of carbonyl (C=O) groups excluding carboxylic acids is 1. The molecule has 0 aliphatic rings. The van der Waals surface area contributed by atoms with Crippen molar-refractivity contribution in [2.45, 2.75) is 20.4 Å². The van der Waals surface area contributed by atoms with Gasteiger partial charge in [0.15, 0.2) is 0 Å². The highest BCUT2D eigenvalue weighted by atomic mass is 16.5. The lowest BCUT2D eigenvalue weighted by molar-refractivity contribution is 0.0526. The first-order valence-corrected chi connectivity index (χ1v) is 8.34. The summed E-state index contributed by atoms with van der Waals surface area (Å²) in [5.74, 6) is 7.09. The van der Waals surface area contributed by atoms with Crippen LogP contribution in [-0.2, 0) is 11.3 Å². The Bertz CT molecular complexity index is 807. The molecule has 0 fully saturated rings. The summed E-state index contributed by atoms with van der Waals surface area (Å²) in [6.45, 7) is 4.28. The number of rotatable bonds is 8. The van der Waals surface area contributed by atoms with E-state index in [1.54, 1.807) is 50.5 Å². The van der Waals surface area contributed by atoms with Crippen molar-refractivity contribution >= 4 is 11.8 Å². The zero-order chi connectivity index (χ0) is 19.8. The maximum atomic E-state index is 11.6. The third-order valence-corrected chi connectivity index (χ3v) is 3.47. The number of hydrogen-bond acceptors (Lipinski definition) is 9. The largest absolute Gasteiger partial charge is 0.487 e. The molecule has 0 radical (unpaired) electrons. The van der Waals surface area contributed by atoms with Gasteiger partial charge in [0, 0.05) is 18.0 Å². The summed E-state index contributed by atoms with van der Waals surface area (Å²) in [6, 6.07) is 6.60. The van der Waals surface area contributed by atoms with E-state index in [1.165, 1.54) is 5.01 Å². The lowest BCUT2D eigenvalue weighted by Gasteiger charge is -2.16. The Kier molecular flexibility index (Phi) is 6.95. The number of hydrogen-bond donors (Lipinski definition) is 3. The van der Waals surface area contributed by atoms with Crippen LogP contribution in [0.2, 0.25) is 0 Å². The molecular weight excluding hydrogens is 348 g/mol. The number of carbonyl (C=O) groups is 1. The molecule has 2 rings (SSSR count). The van der Waals surface area contributed by atoms with E-state index in [9.17, 15) is 4.79 Å². The number of anilines is 1. The smallest absolute Gasteiger partial charge is 0.338 e. The second-order valence-corrected chi connectivity index (χ2v) is 5.74. The second kappa shape index (κ2) is 9.39. The first-order valence-electron chi connectivity index (χ1n) is 8.34. The van der Waals surface area contributed by atoms with Crippen LogP contribution < -0.4 is 22.0 Å². The molecule has 0 spiro atoms. The van der Waals surface area contributed by atoms with E-state index in [1.807, 2.05) is 0 Å². The fraction of sp³-hybridized carbons (Fsp3) is 0.278.